The van der Waals surface area contributed by atoms with Gasteiger partial charge in [-0.2, -0.15) is 0 Å². The number of amides is 1. The van der Waals surface area contributed by atoms with Gasteiger partial charge in [0.2, 0.25) is 5.91 Å². The summed E-state index contributed by atoms with van der Waals surface area (Å²) in [6.07, 6.45) is 0. The fourth-order valence-electron chi connectivity index (χ4n) is 4.36. The van der Waals surface area contributed by atoms with Crippen LogP contribution in [-0.4, -0.2) is 53.8 Å². The smallest absolute Gasteiger partial charge is 0.266 e. The van der Waals surface area contributed by atoms with Gasteiger partial charge in [0.15, 0.2) is 0 Å². The van der Waals surface area contributed by atoms with Crippen LogP contribution in [0.25, 0.3) is 16.6 Å². The molecule has 8 nitrogen and oxygen atoms in total. The van der Waals surface area contributed by atoms with Gasteiger partial charge in [0.05, 0.1) is 42.5 Å². The fraction of sp³-hybridized carbons (Fsp3) is 0.300. The molecule has 0 radical (unpaired) electrons. The molecule has 1 aromatic heterocycles. The summed E-state index contributed by atoms with van der Waals surface area (Å²) in [7, 11) is 1.59. The van der Waals surface area contributed by atoms with E-state index < -0.39 is 6.04 Å². The second kappa shape index (κ2) is 13.0. The summed E-state index contributed by atoms with van der Waals surface area (Å²) >= 11 is 0. The van der Waals surface area contributed by atoms with E-state index in [0.717, 1.165) is 5.56 Å². The quantitative estimate of drug-likeness (QED) is 0.276. The third kappa shape index (κ3) is 6.10. The van der Waals surface area contributed by atoms with Crippen LogP contribution in [0.3, 0.4) is 0 Å². The maximum Gasteiger partial charge on any atom is 0.266 e. The minimum Gasteiger partial charge on any atom is -0.492 e. The summed E-state index contributed by atoms with van der Waals surface area (Å²) in [5, 5.41) is 0.482. The van der Waals surface area contributed by atoms with E-state index >= 15 is 0 Å². The lowest BCUT2D eigenvalue weighted by Crippen LogP contribution is -2.41. The number of fused-ring (bicyclic) bond motifs is 1. The van der Waals surface area contributed by atoms with Crippen molar-refractivity contribution in [1.82, 2.24) is 14.5 Å². The molecule has 8 heteroatoms. The van der Waals surface area contributed by atoms with Crippen LogP contribution >= 0.6 is 0 Å². The molecule has 4 rings (SSSR count). The van der Waals surface area contributed by atoms with E-state index in [0.29, 0.717) is 54.5 Å². The first kappa shape index (κ1) is 27.0. The van der Waals surface area contributed by atoms with Crippen LogP contribution in [-0.2, 0) is 20.9 Å². The Balaban J connectivity index is 1.74. The number of nitrogens with zero attached hydrogens (tertiary/aromatic N) is 3. The lowest BCUT2D eigenvalue weighted by atomic mass is 10.1. The van der Waals surface area contributed by atoms with Crippen molar-refractivity contribution in [3.63, 3.8) is 0 Å². The first-order chi connectivity index (χ1) is 18.5. The highest BCUT2D eigenvalue weighted by Gasteiger charge is 2.27. The average Bonchev–Trinajstić information content (AvgIpc) is 2.94. The van der Waals surface area contributed by atoms with Crippen molar-refractivity contribution in [2.75, 3.05) is 33.5 Å². The third-order valence-corrected chi connectivity index (χ3v) is 6.24. The normalized spacial score (nSPS) is 11.9. The standard InChI is InChI=1S/C30H33N3O5/c1-4-38-27-17-11-10-16-26(27)33-29(31-25-15-9-8-14-24(25)30(33)35)22(2)32(18-19-36-3)28(34)21-37-20-23-12-6-5-7-13-23/h5-17,22H,4,18-21H2,1-3H3. The molecule has 0 bridgehead atoms. The van der Waals surface area contributed by atoms with E-state index in [1.165, 1.54) is 0 Å². The summed E-state index contributed by atoms with van der Waals surface area (Å²) in [5.41, 5.74) is 1.88. The van der Waals surface area contributed by atoms with E-state index in [9.17, 15) is 9.59 Å². The zero-order chi connectivity index (χ0) is 26.9. The minimum absolute atomic E-state index is 0.115. The SMILES string of the molecule is CCOc1ccccc1-n1c(C(C)N(CCOC)C(=O)COCc2ccccc2)nc2ccccc2c1=O. The van der Waals surface area contributed by atoms with Crippen LogP contribution < -0.4 is 10.3 Å². The molecule has 1 amide bonds. The second-order valence-electron chi connectivity index (χ2n) is 8.76. The predicted octanol–water partition coefficient (Wildman–Crippen LogP) is 4.54. The van der Waals surface area contributed by atoms with Gasteiger partial charge in [0.1, 0.15) is 18.2 Å². The molecule has 0 fully saturated rings. The molecule has 1 atom stereocenters. The Morgan fingerprint density at radius 2 is 1.71 bits per heavy atom. The number of hydrogen-bond acceptors (Lipinski definition) is 6. The lowest BCUT2D eigenvalue weighted by molar-refractivity contribution is -0.139. The fourth-order valence-corrected chi connectivity index (χ4v) is 4.36. The van der Waals surface area contributed by atoms with Gasteiger partial charge in [-0.15, -0.1) is 0 Å². The highest BCUT2D eigenvalue weighted by atomic mass is 16.5. The molecule has 0 aliphatic rings. The lowest BCUT2D eigenvalue weighted by Gasteiger charge is -2.30. The Hall–Kier alpha value is -4.01. The van der Waals surface area contributed by atoms with Crippen LogP contribution in [0.1, 0.15) is 31.3 Å². The van der Waals surface area contributed by atoms with E-state index in [4.69, 9.17) is 19.2 Å². The van der Waals surface area contributed by atoms with Crippen molar-refractivity contribution in [2.45, 2.75) is 26.5 Å². The highest BCUT2D eigenvalue weighted by Crippen LogP contribution is 2.28. The predicted molar refractivity (Wildman–Crippen MR) is 147 cm³/mol. The molecule has 4 aromatic rings. The van der Waals surface area contributed by atoms with Crippen molar-refractivity contribution < 1.29 is 19.0 Å². The van der Waals surface area contributed by atoms with Crippen LogP contribution in [0.2, 0.25) is 0 Å². The zero-order valence-corrected chi connectivity index (χ0v) is 22.0. The molecule has 0 aliphatic heterocycles. The van der Waals surface area contributed by atoms with Crippen molar-refractivity contribution >= 4 is 16.8 Å². The number of hydrogen-bond donors (Lipinski definition) is 0. The van der Waals surface area contributed by atoms with Crippen molar-refractivity contribution in [3.05, 3.63) is 101 Å². The number of carbonyl (C=O) groups is 1. The van der Waals surface area contributed by atoms with E-state index in [2.05, 4.69) is 0 Å². The van der Waals surface area contributed by atoms with Gasteiger partial charge in [-0.05, 0) is 43.7 Å². The first-order valence-electron chi connectivity index (χ1n) is 12.7. The summed E-state index contributed by atoms with van der Waals surface area (Å²) in [4.78, 5) is 33.8. The third-order valence-electron chi connectivity index (χ3n) is 6.24. The van der Waals surface area contributed by atoms with Gasteiger partial charge in [0, 0.05) is 13.7 Å². The van der Waals surface area contributed by atoms with Crippen LogP contribution in [0, 0.1) is 0 Å². The van der Waals surface area contributed by atoms with Gasteiger partial charge in [0.25, 0.3) is 5.56 Å². The average molecular weight is 516 g/mol. The topological polar surface area (TPSA) is 82.9 Å². The van der Waals surface area contributed by atoms with Gasteiger partial charge in [-0.25, -0.2) is 4.98 Å². The number of rotatable bonds is 12. The molecular formula is C30H33N3O5. The monoisotopic (exact) mass is 515 g/mol. The van der Waals surface area contributed by atoms with Crippen molar-refractivity contribution in [3.8, 4) is 11.4 Å². The molecule has 38 heavy (non-hydrogen) atoms. The summed E-state index contributed by atoms with van der Waals surface area (Å²) in [6, 6.07) is 23.7. The number of methoxy groups -OCH3 is 1. The number of para-hydroxylation sites is 3. The molecule has 3 aromatic carbocycles. The van der Waals surface area contributed by atoms with Crippen LogP contribution in [0.5, 0.6) is 5.75 Å². The maximum absolute atomic E-state index is 13.9. The molecule has 0 aliphatic carbocycles. The van der Waals surface area contributed by atoms with E-state index in [1.807, 2.05) is 80.6 Å². The number of benzene rings is 3. The Morgan fingerprint density at radius 3 is 2.47 bits per heavy atom. The molecule has 0 saturated carbocycles. The summed E-state index contributed by atoms with van der Waals surface area (Å²) in [5.74, 6) is 0.759. The highest BCUT2D eigenvalue weighted by molar-refractivity contribution is 5.79. The second-order valence-corrected chi connectivity index (χ2v) is 8.76. The van der Waals surface area contributed by atoms with E-state index in [1.54, 1.807) is 28.7 Å². The van der Waals surface area contributed by atoms with Gasteiger partial charge in [-0.1, -0.05) is 54.6 Å². The number of ether oxygens (including phenoxy) is 3. The van der Waals surface area contributed by atoms with Crippen molar-refractivity contribution in [2.24, 2.45) is 0 Å². The molecular weight excluding hydrogens is 482 g/mol. The largest absolute Gasteiger partial charge is 0.492 e. The van der Waals surface area contributed by atoms with Crippen LogP contribution in [0.4, 0.5) is 0 Å². The molecule has 0 N–H and O–H groups in total. The zero-order valence-electron chi connectivity index (χ0n) is 22.0. The van der Waals surface area contributed by atoms with Gasteiger partial charge >= 0.3 is 0 Å². The minimum atomic E-state index is -0.565. The molecule has 1 unspecified atom stereocenters. The van der Waals surface area contributed by atoms with Crippen LogP contribution in [0.15, 0.2) is 83.7 Å². The first-order valence-corrected chi connectivity index (χ1v) is 12.7. The molecule has 198 valence electrons. The molecule has 0 saturated heterocycles. The molecule has 0 spiro atoms. The Kier molecular flexibility index (Phi) is 9.24. The Labute approximate surface area is 222 Å². The van der Waals surface area contributed by atoms with E-state index in [-0.39, 0.29) is 18.1 Å². The van der Waals surface area contributed by atoms with Gasteiger partial charge < -0.3 is 19.1 Å². The number of aromatic nitrogens is 2. The Bertz CT molecular complexity index is 1420. The van der Waals surface area contributed by atoms with Crippen molar-refractivity contribution in [1.29, 1.82) is 0 Å². The van der Waals surface area contributed by atoms with Gasteiger partial charge in [-0.3, -0.25) is 14.2 Å². The summed E-state index contributed by atoms with van der Waals surface area (Å²) < 4.78 is 18.5. The molecule has 1 heterocycles. The maximum atomic E-state index is 13.9. The number of carbonyl (C=O) groups excluding carboxylic acids is 1. The Morgan fingerprint density at radius 1 is 1.00 bits per heavy atom. The summed E-state index contributed by atoms with van der Waals surface area (Å²) in [6.45, 7) is 5.03.